The topological polar surface area (TPSA) is 58.2 Å². The van der Waals surface area contributed by atoms with Crippen molar-refractivity contribution in [3.05, 3.63) is 27.7 Å². The molecule has 0 aliphatic carbocycles. The maximum absolute atomic E-state index is 12.1. The van der Waals surface area contributed by atoms with E-state index in [0.29, 0.717) is 17.3 Å². The Labute approximate surface area is 128 Å². The summed E-state index contributed by atoms with van der Waals surface area (Å²) in [5.41, 5.74) is 0.468. The van der Waals surface area contributed by atoms with Crippen LogP contribution in [0.5, 0.6) is 0 Å². The minimum Gasteiger partial charge on any atom is -0.315 e. The molecular formula is C12H18BrClN2O2S. The van der Waals surface area contributed by atoms with Gasteiger partial charge >= 0.3 is 0 Å². The molecule has 0 saturated carbocycles. The third kappa shape index (κ3) is 5.30. The largest absolute Gasteiger partial charge is 0.315 e. The van der Waals surface area contributed by atoms with E-state index in [0.717, 1.165) is 17.4 Å². The lowest BCUT2D eigenvalue weighted by Gasteiger charge is -2.15. The Hall–Kier alpha value is -0.300. The molecule has 0 aliphatic rings. The van der Waals surface area contributed by atoms with Crippen LogP contribution in [0, 0.1) is 0 Å². The molecule has 0 radical (unpaired) electrons. The molecule has 0 spiro atoms. The summed E-state index contributed by atoms with van der Waals surface area (Å²) in [5, 5.41) is 3.05. The van der Waals surface area contributed by atoms with Gasteiger partial charge in [0.15, 0.2) is 0 Å². The lowest BCUT2D eigenvalue weighted by Crippen LogP contribution is -2.35. The van der Waals surface area contributed by atoms with Crippen molar-refractivity contribution in [1.29, 1.82) is 0 Å². The molecule has 108 valence electrons. The Balaban J connectivity index is 2.70. The molecule has 0 fully saturated rings. The molecule has 0 aliphatic heterocycles. The average Bonchev–Trinajstić information content (AvgIpc) is 2.33. The third-order valence-electron chi connectivity index (χ3n) is 2.57. The van der Waals surface area contributed by atoms with E-state index in [1.54, 1.807) is 25.1 Å². The molecule has 0 bridgehead atoms. The van der Waals surface area contributed by atoms with Crippen LogP contribution in [0.25, 0.3) is 0 Å². The molecule has 1 rings (SSSR count). The first kappa shape index (κ1) is 16.8. The molecule has 19 heavy (non-hydrogen) atoms. The van der Waals surface area contributed by atoms with E-state index >= 15 is 0 Å². The van der Waals surface area contributed by atoms with Gasteiger partial charge in [-0.25, -0.2) is 8.42 Å². The lowest BCUT2D eigenvalue weighted by molar-refractivity contribution is 0.576. The third-order valence-corrected chi connectivity index (χ3v) is 5.55. The van der Waals surface area contributed by atoms with E-state index in [9.17, 15) is 8.42 Å². The zero-order valence-electron chi connectivity index (χ0n) is 10.9. The minimum atomic E-state index is -3.41. The molecule has 0 heterocycles. The number of benzene rings is 1. The fourth-order valence-electron chi connectivity index (χ4n) is 1.42. The standard InChI is InChI=1S/C12H18BrClN2O2S/c1-3-6-15-8-9(2)19(17,18)16-10-4-5-11(13)12(14)7-10/h4-5,7,9,15-16H,3,6,8H2,1-2H3. The second-order valence-electron chi connectivity index (χ2n) is 4.29. The van der Waals surface area contributed by atoms with Crippen molar-refractivity contribution in [2.24, 2.45) is 0 Å². The van der Waals surface area contributed by atoms with Crippen molar-refractivity contribution in [2.45, 2.75) is 25.5 Å². The highest BCUT2D eigenvalue weighted by Crippen LogP contribution is 2.26. The maximum atomic E-state index is 12.1. The Morgan fingerprint density at radius 1 is 1.42 bits per heavy atom. The van der Waals surface area contributed by atoms with E-state index in [-0.39, 0.29) is 0 Å². The minimum absolute atomic E-state index is 0.424. The Bertz CT molecular complexity index is 522. The summed E-state index contributed by atoms with van der Waals surface area (Å²) in [4.78, 5) is 0. The molecule has 4 nitrogen and oxygen atoms in total. The number of halogens is 2. The summed E-state index contributed by atoms with van der Waals surface area (Å²) in [6.07, 6.45) is 0.975. The highest BCUT2D eigenvalue weighted by molar-refractivity contribution is 9.10. The maximum Gasteiger partial charge on any atom is 0.236 e. The molecule has 7 heteroatoms. The molecule has 1 atom stereocenters. The van der Waals surface area contributed by atoms with Crippen LogP contribution in [0.4, 0.5) is 5.69 Å². The second kappa shape index (κ2) is 7.47. The highest BCUT2D eigenvalue weighted by Gasteiger charge is 2.20. The average molecular weight is 370 g/mol. The van der Waals surface area contributed by atoms with Gasteiger partial charge in [-0.05, 0) is 54.0 Å². The van der Waals surface area contributed by atoms with Gasteiger partial charge in [0.05, 0.1) is 16.0 Å². The van der Waals surface area contributed by atoms with E-state index in [4.69, 9.17) is 11.6 Å². The Kier molecular flexibility index (Phi) is 6.59. The van der Waals surface area contributed by atoms with Gasteiger partial charge in [0.2, 0.25) is 10.0 Å². The molecule has 0 aromatic heterocycles. The van der Waals surface area contributed by atoms with Crippen LogP contribution in [0.15, 0.2) is 22.7 Å². The first-order chi connectivity index (χ1) is 8.86. The molecule has 0 amide bonds. The smallest absolute Gasteiger partial charge is 0.236 e. The summed E-state index contributed by atoms with van der Waals surface area (Å²) in [5.74, 6) is 0. The SMILES string of the molecule is CCCNCC(C)S(=O)(=O)Nc1ccc(Br)c(Cl)c1. The monoisotopic (exact) mass is 368 g/mol. The molecule has 2 N–H and O–H groups in total. The van der Waals surface area contributed by atoms with Crippen molar-refractivity contribution < 1.29 is 8.42 Å². The number of nitrogens with one attached hydrogen (secondary N) is 2. The van der Waals surface area contributed by atoms with Crippen molar-refractivity contribution in [3.8, 4) is 0 Å². The quantitative estimate of drug-likeness (QED) is 0.725. The first-order valence-electron chi connectivity index (χ1n) is 6.04. The summed E-state index contributed by atoms with van der Waals surface area (Å²) >= 11 is 9.19. The second-order valence-corrected chi connectivity index (χ2v) is 7.65. The number of anilines is 1. The van der Waals surface area contributed by atoms with Gasteiger partial charge in [0.25, 0.3) is 0 Å². The van der Waals surface area contributed by atoms with Gasteiger partial charge in [-0.3, -0.25) is 4.72 Å². The summed E-state index contributed by atoms with van der Waals surface area (Å²) in [7, 11) is -3.41. The van der Waals surface area contributed by atoms with E-state index in [1.807, 2.05) is 6.92 Å². The van der Waals surface area contributed by atoms with E-state index in [1.165, 1.54) is 0 Å². The fraction of sp³-hybridized carbons (Fsp3) is 0.500. The summed E-state index contributed by atoms with van der Waals surface area (Å²) in [6.45, 7) is 4.94. The first-order valence-corrected chi connectivity index (χ1v) is 8.76. The molecule has 1 aromatic carbocycles. The van der Waals surface area contributed by atoms with Crippen molar-refractivity contribution in [2.75, 3.05) is 17.8 Å². The van der Waals surface area contributed by atoms with Crippen LogP contribution in [-0.2, 0) is 10.0 Å². The summed E-state index contributed by atoms with van der Waals surface area (Å²) < 4.78 is 27.4. The molecule has 1 aromatic rings. The van der Waals surface area contributed by atoms with E-state index in [2.05, 4.69) is 26.0 Å². The van der Waals surface area contributed by atoms with Gasteiger partial charge in [-0.2, -0.15) is 0 Å². The van der Waals surface area contributed by atoms with Crippen LogP contribution in [0.1, 0.15) is 20.3 Å². The van der Waals surface area contributed by atoms with Crippen LogP contribution >= 0.6 is 27.5 Å². The predicted octanol–water partition coefficient (Wildman–Crippen LogP) is 3.23. The van der Waals surface area contributed by atoms with Crippen LogP contribution in [0.3, 0.4) is 0 Å². The van der Waals surface area contributed by atoms with Gasteiger partial charge in [-0.1, -0.05) is 18.5 Å². The van der Waals surface area contributed by atoms with Crippen molar-refractivity contribution >= 4 is 43.2 Å². The number of sulfonamides is 1. The predicted molar refractivity (Wildman–Crippen MR) is 84.3 cm³/mol. The van der Waals surface area contributed by atoms with Gasteiger partial charge in [0.1, 0.15) is 0 Å². The van der Waals surface area contributed by atoms with Crippen LogP contribution in [-0.4, -0.2) is 26.8 Å². The highest BCUT2D eigenvalue weighted by atomic mass is 79.9. The number of hydrogen-bond donors (Lipinski definition) is 2. The van der Waals surface area contributed by atoms with Crippen LogP contribution < -0.4 is 10.0 Å². The zero-order chi connectivity index (χ0) is 14.5. The van der Waals surface area contributed by atoms with Gasteiger partial charge in [-0.15, -0.1) is 0 Å². The van der Waals surface area contributed by atoms with Crippen molar-refractivity contribution in [3.63, 3.8) is 0 Å². The Morgan fingerprint density at radius 3 is 2.68 bits per heavy atom. The number of rotatable bonds is 7. The molecule has 0 saturated heterocycles. The fourth-order valence-corrected chi connectivity index (χ4v) is 2.84. The molecule has 1 unspecified atom stereocenters. The molecular weight excluding hydrogens is 352 g/mol. The van der Waals surface area contributed by atoms with Gasteiger partial charge in [0, 0.05) is 11.0 Å². The lowest BCUT2D eigenvalue weighted by atomic mass is 10.3. The van der Waals surface area contributed by atoms with Gasteiger partial charge < -0.3 is 5.32 Å². The normalized spacial score (nSPS) is 13.3. The van der Waals surface area contributed by atoms with Crippen LogP contribution in [0.2, 0.25) is 5.02 Å². The Morgan fingerprint density at radius 2 is 2.11 bits per heavy atom. The summed E-state index contributed by atoms with van der Waals surface area (Å²) in [6, 6.07) is 4.95. The number of hydrogen-bond acceptors (Lipinski definition) is 3. The van der Waals surface area contributed by atoms with E-state index < -0.39 is 15.3 Å². The zero-order valence-corrected chi connectivity index (χ0v) is 14.1. The van der Waals surface area contributed by atoms with Crippen molar-refractivity contribution in [1.82, 2.24) is 5.32 Å².